The zero-order chi connectivity index (χ0) is 10.1. The molecule has 0 radical (unpaired) electrons. The Morgan fingerprint density at radius 1 is 1.50 bits per heavy atom. The molecule has 2 aromatic heterocycles. The van der Waals surface area contributed by atoms with Crippen molar-refractivity contribution < 1.29 is 0 Å². The van der Waals surface area contributed by atoms with E-state index in [1.807, 2.05) is 35.5 Å². The quantitative estimate of drug-likeness (QED) is 0.754. The Kier molecular flexibility index (Phi) is 1.99. The van der Waals surface area contributed by atoms with Crippen LogP contribution >= 0.6 is 0 Å². The maximum Gasteiger partial charge on any atom is 0.200 e. The van der Waals surface area contributed by atoms with Crippen molar-refractivity contribution in [1.82, 2.24) is 19.3 Å². The van der Waals surface area contributed by atoms with E-state index in [4.69, 9.17) is 5.73 Å². The van der Waals surface area contributed by atoms with E-state index >= 15 is 0 Å². The summed E-state index contributed by atoms with van der Waals surface area (Å²) >= 11 is 0. The van der Waals surface area contributed by atoms with Crippen molar-refractivity contribution >= 4 is 5.95 Å². The van der Waals surface area contributed by atoms with Gasteiger partial charge in [-0.2, -0.15) is 5.10 Å². The maximum atomic E-state index is 5.65. The summed E-state index contributed by atoms with van der Waals surface area (Å²) in [6.45, 7) is 2.70. The molecule has 0 amide bonds. The molecule has 0 saturated heterocycles. The molecule has 0 atom stereocenters. The third-order valence-corrected chi connectivity index (χ3v) is 2.24. The molecule has 0 aliphatic carbocycles. The van der Waals surface area contributed by atoms with E-state index in [9.17, 15) is 0 Å². The second-order valence-electron chi connectivity index (χ2n) is 3.31. The fraction of sp³-hybridized carbons (Fsp3) is 0.333. The first kappa shape index (κ1) is 8.80. The topological polar surface area (TPSA) is 61.7 Å². The smallest absolute Gasteiger partial charge is 0.200 e. The van der Waals surface area contributed by atoms with Gasteiger partial charge in [0.05, 0.1) is 12.2 Å². The standard InChI is InChI=1S/C9H13N5/c1-7-5-8(12-13(7)2)6-14-4-3-11-9(14)10/h3-5H,6H2,1-2H3,(H2,10,11). The first-order valence-corrected chi connectivity index (χ1v) is 4.43. The molecule has 2 aromatic rings. The number of aryl methyl sites for hydroxylation is 2. The van der Waals surface area contributed by atoms with Gasteiger partial charge < -0.3 is 10.3 Å². The highest BCUT2D eigenvalue weighted by Gasteiger charge is 2.03. The van der Waals surface area contributed by atoms with Gasteiger partial charge in [0.25, 0.3) is 0 Å². The Hall–Kier alpha value is -1.78. The third kappa shape index (κ3) is 1.48. The molecular weight excluding hydrogens is 178 g/mol. The van der Waals surface area contributed by atoms with Crippen LogP contribution in [0.3, 0.4) is 0 Å². The predicted molar refractivity (Wildman–Crippen MR) is 53.7 cm³/mol. The Morgan fingerprint density at radius 3 is 2.79 bits per heavy atom. The van der Waals surface area contributed by atoms with Gasteiger partial charge in [0, 0.05) is 25.1 Å². The molecule has 2 N–H and O–H groups in total. The summed E-state index contributed by atoms with van der Waals surface area (Å²) in [5.41, 5.74) is 7.78. The molecule has 0 fully saturated rings. The van der Waals surface area contributed by atoms with Crippen LogP contribution in [0.15, 0.2) is 18.5 Å². The molecule has 0 unspecified atom stereocenters. The second-order valence-corrected chi connectivity index (χ2v) is 3.31. The zero-order valence-electron chi connectivity index (χ0n) is 8.31. The van der Waals surface area contributed by atoms with Gasteiger partial charge in [-0.3, -0.25) is 4.68 Å². The number of hydrogen-bond donors (Lipinski definition) is 1. The minimum atomic E-state index is 0.522. The molecule has 2 heterocycles. The van der Waals surface area contributed by atoms with Gasteiger partial charge in [-0.25, -0.2) is 4.98 Å². The molecule has 0 aliphatic rings. The largest absolute Gasteiger partial charge is 0.369 e. The van der Waals surface area contributed by atoms with Crippen molar-refractivity contribution in [1.29, 1.82) is 0 Å². The summed E-state index contributed by atoms with van der Waals surface area (Å²) in [7, 11) is 1.93. The number of aromatic nitrogens is 4. The number of anilines is 1. The van der Waals surface area contributed by atoms with E-state index in [-0.39, 0.29) is 0 Å². The highest BCUT2D eigenvalue weighted by atomic mass is 15.3. The Bertz CT molecular complexity index is 420. The van der Waals surface area contributed by atoms with E-state index in [1.54, 1.807) is 6.20 Å². The van der Waals surface area contributed by atoms with Gasteiger partial charge in [-0.15, -0.1) is 0 Å². The summed E-state index contributed by atoms with van der Waals surface area (Å²) in [6, 6.07) is 2.04. The lowest BCUT2D eigenvalue weighted by Crippen LogP contribution is -2.04. The molecular formula is C9H13N5. The Labute approximate surface area is 82.2 Å². The Morgan fingerprint density at radius 2 is 2.29 bits per heavy atom. The molecule has 5 heteroatoms. The van der Waals surface area contributed by atoms with E-state index in [0.29, 0.717) is 12.5 Å². The van der Waals surface area contributed by atoms with Crippen LogP contribution in [-0.2, 0) is 13.6 Å². The van der Waals surface area contributed by atoms with Crippen molar-refractivity contribution in [3.63, 3.8) is 0 Å². The van der Waals surface area contributed by atoms with Crippen molar-refractivity contribution in [2.24, 2.45) is 7.05 Å². The van der Waals surface area contributed by atoms with Crippen molar-refractivity contribution in [3.05, 3.63) is 29.8 Å². The normalized spacial score (nSPS) is 10.7. The number of hydrogen-bond acceptors (Lipinski definition) is 3. The number of nitrogens with two attached hydrogens (primary N) is 1. The number of nitrogen functional groups attached to an aromatic ring is 1. The van der Waals surface area contributed by atoms with Gasteiger partial charge in [-0.1, -0.05) is 0 Å². The van der Waals surface area contributed by atoms with Crippen LogP contribution in [0.2, 0.25) is 0 Å². The van der Waals surface area contributed by atoms with Gasteiger partial charge in [-0.05, 0) is 13.0 Å². The lowest BCUT2D eigenvalue weighted by molar-refractivity contribution is 0.697. The van der Waals surface area contributed by atoms with Crippen molar-refractivity contribution in [2.75, 3.05) is 5.73 Å². The monoisotopic (exact) mass is 191 g/mol. The molecule has 0 spiro atoms. The van der Waals surface area contributed by atoms with E-state index < -0.39 is 0 Å². The summed E-state index contributed by atoms with van der Waals surface area (Å²) in [4.78, 5) is 3.95. The number of imidazole rings is 1. The first-order chi connectivity index (χ1) is 6.66. The SMILES string of the molecule is Cc1cc(Cn2ccnc2N)nn1C. The summed E-state index contributed by atoms with van der Waals surface area (Å²) < 4.78 is 3.71. The fourth-order valence-corrected chi connectivity index (χ4v) is 1.36. The molecule has 14 heavy (non-hydrogen) atoms. The maximum absolute atomic E-state index is 5.65. The predicted octanol–water partition coefficient (Wildman–Crippen LogP) is 0.556. The van der Waals surface area contributed by atoms with Crippen LogP contribution in [0.5, 0.6) is 0 Å². The fourth-order valence-electron chi connectivity index (χ4n) is 1.36. The van der Waals surface area contributed by atoms with Crippen LogP contribution in [0.1, 0.15) is 11.4 Å². The molecule has 0 saturated carbocycles. The van der Waals surface area contributed by atoms with Crippen LogP contribution < -0.4 is 5.73 Å². The zero-order valence-corrected chi connectivity index (χ0v) is 8.31. The molecule has 5 nitrogen and oxygen atoms in total. The number of nitrogens with zero attached hydrogens (tertiary/aromatic N) is 4. The van der Waals surface area contributed by atoms with Gasteiger partial charge in [0.2, 0.25) is 0 Å². The average Bonchev–Trinajstić information content (AvgIpc) is 2.63. The third-order valence-electron chi connectivity index (χ3n) is 2.24. The highest BCUT2D eigenvalue weighted by molar-refractivity contribution is 5.19. The van der Waals surface area contributed by atoms with Crippen LogP contribution in [-0.4, -0.2) is 19.3 Å². The highest BCUT2D eigenvalue weighted by Crippen LogP contribution is 2.06. The minimum absolute atomic E-state index is 0.522. The summed E-state index contributed by atoms with van der Waals surface area (Å²) in [6.07, 6.45) is 3.53. The average molecular weight is 191 g/mol. The molecule has 0 bridgehead atoms. The molecule has 0 aromatic carbocycles. The lowest BCUT2D eigenvalue weighted by Gasteiger charge is -2.00. The molecule has 2 rings (SSSR count). The van der Waals surface area contributed by atoms with Gasteiger partial charge in [0.1, 0.15) is 0 Å². The van der Waals surface area contributed by atoms with Crippen molar-refractivity contribution in [3.8, 4) is 0 Å². The van der Waals surface area contributed by atoms with Crippen LogP contribution in [0.4, 0.5) is 5.95 Å². The second kappa shape index (κ2) is 3.17. The van der Waals surface area contributed by atoms with E-state index in [2.05, 4.69) is 10.1 Å². The van der Waals surface area contributed by atoms with Gasteiger partial charge >= 0.3 is 0 Å². The number of rotatable bonds is 2. The van der Waals surface area contributed by atoms with Crippen LogP contribution in [0.25, 0.3) is 0 Å². The molecule has 0 aliphatic heterocycles. The minimum Gasteiger partial charge on any atom is -0.369 e. The Balaban J connectivity index is 2.23. The van der Waals surface area contributed by atoms with Crippen molar-refractivity contribution in [2.45, 2.75) is 13.5 Å². The summed E-state index contributed by atoms with van der Waals surface area (Å²) in [5.74, 6) is 0.522. The van der Waals surface area contributed by atoms with Gasteiger partial charge in [0.15, 0.2) is 5.95 Å². The van der Waals surface area contributed by atoms with E-state index in [1.165, 1.54) is 0 Å². The van der Waals surface area contributed by atoms with Crippen LogP contribution in [0, 0.1) is 6.92 Å². The summed E-state index contributed by atoms with van der Waals surface area (Å²) in [5, 5.41) is 4.34. The molecule has 74 valence electrons. The first-order valence-electron chi connectivity index (χ1n) is 4.43. The van der Waals surface area contributed by atoms with E-state index in [0.717, 1.165) is 11.4 Å². The lowest BCUT2D eigenvalue weighted by atomic mass is 10.4.